The quantitative estimate of drug-likeness (QED) is 0.794. The zero-order valence-electron chi connectivity index (χ0n) is 9.31. The fraction of sp³-hybridized carbons (Fsp3) is 0.143. The highest BCUT2D eigenvalue weighted by Crippen LogP contribution is 2.31. The zero-order chi connectivity index (χ0) is 11.4. The van der Waals surface area contributed by atoms with Crippen LogP contribution in [0.5, 0.6) is 5.75 Å². The van der Waals surface area contributed by atoms with E-state index in [1.807, 2.05) is 43.3 Å². The molecule has 0 saturated heterocycles. The van der Waals surface area contributed by atoms with Crippen molar-refractivity contribution in [3.05, 3.63) is 48.5 Å². The van der Waals surface area contributed by atoms with Crippen molar-refractivity contribution in [2.75, 3.05) is 12.3 Å². The number of nitrogens with two attached hydrogens (primary N) is 1. The van der Waals surface area contributed by atoms with E-state index < -0.39 is 0 Å². The van der Waals surface area contributed by atoms with E-state index in [-0.39, 0.29) is 0 Å². The molecule has 0 aliphatic rings. The maximum absolute atomic E-state index is 5.81. The van der Waals surface area contributed by atoms with Crippen molar-refractivity contribution in [2.45, 2.75) is 6.92 Å². The molecule has 0 radical (unpaired) electrons. The first-order valence-corrected chi connectivity index (χ1v) is 5.39. The summed E-state index contributed by atoms with van der Waals surface area (Å²) in [5, 5.41) is 0. The number of anilines is 1. The van der Waals surface area contributed by atoms with Gasteiger partial charge in [0.1, 0.15) is 5.75 Å². The van der Waals surface area contributed by atoms with Crippen LogP contribution in [0, 0.1) is 0 Å². The van der Waals surface area contributed by atoms with E-state index in [2.05, 4.69) is 12.1 Å². The van der Waals surface area contributed by atoms with Crippen LogP contribution in [0.15, 0.2) is 48.5 Å². The van der Waals surface area contributed by atoms with Crippen LogP contribution in [-0.4, -0.2) is 6.61 Å². The van der Waals surface area contributed by atoms with Crippen LogP contribution >= 0.6 is 0 Å². The van der Waals surface area contributed by atoms with Crippen molar-refractivity contribution < 1.29 is 4.74 Å². The molecule has 2 heteroatoms. The molecule has 0 unspecified atom stereocenters. The molecule has 2 rings (SSSR count). The van der Waals surface area contributed by atoms with Crippen LogP contribution in [0.25, 0.3) is 11.1 Å². The van der Waals surface area contributed by atoms with Crippen molar-refractivity contribution in [3.63, 3.8) is 0 Å². The van der Waals surface area contributed by atoms with Gasteiger partial charge < -0.3 is 10.5 Å². The monoisotopic (exact) mass is 213 g/mol. The Morgan fingerprint density at radius 3 is 2.50 bits per heavy atom. The van der Waals surface area contributed by atoms with E-state index in [1.165, 1.54) is 0 Å². The first-order chi connectivity index (χ1) is 7.81. The molecule has 0 spiro atoms. The molecule has 0 heterocycles. The SMILES string of the molecule is CCOc1ccc(N)cc1-c1ccccc1. The second-order valence-corrected chi connectivity index (χ2v) is 3.55. The molecule has 0 aliphatic heterocycles. The summed E-state index contributed by atoms with van der Waals surface area (Å²) in [6.45, 7) is 2.63. The predicted molar refractivity (Wildman–Crippen MR) is 67.5 cm³/mol. The van der Waals surface area contributed by atoms with Crippen LogP contribution in [0.3, 0.4) is 0 Å². The van der Waals surface area contributed by atoms with Crippen molar-refractivity contribution in [1.82, 2.24) is 0 Å². The largest absolute Gasteiger partial charge is 0.493 e. The van der Waals surface area contributed by atoms with Gasteiger partial charge in [-0.15, -0.1) is 0 Å². The van der Waals surface area contributed by atoms with Gasteiger partial charge in [-0.25, -0.2) is 0 Å². The third kappa shape index (κ3) is 2.16. The lowest BCUT2D eigenvalue weighted by Crippen LogP contribution is -1.95. The minimum atomic E-state index is 0.656. The second kappa shape index (κ2) is 4.71. The Morgan fingerprint density at radius 2 is 1.81 bits per heavy atom. The molecule has 0 amide bonds. The molecule has 0 aromatic heterocycles. The second-order valence-electron chi connectivity index (χ2n) is 3.55. The highest BCUT2D eigenvalue weighted by Gasteiger charge is 2.05. The highest BCUT2D eigenvalue weighted by molar-refractivity contribution is 5.73. The molecule has 0 atom stereocenters. The molecule has 2 nitrogen and oxygen atoms in total. The van der Waals surface area contributed by atoms with Crippen molar-refractivity contribution in [3.8, 4) is 16.9 Å². The number of hydrogen-bond acceptors (Lipinski definition) is 2. The van der Waals surface area contributed by atoms with Gasteiger partial charge in [0, 0.05) is 11.3 Å². The molecule has 16 heavy (non-hydrogen) atoms. The smallest absolute Gasteiger partial charge is 0.127 e. The third-order valence-corrected chi connectivity index (χ3v) is 2.39. The fourth-order valence-electron chi connectivity index (χ4n) is 1.67. The van der Waals surface area contributed by atoms with E-state index >= 15 is 0 Å². The van der Waals surface area contributed by atoms with E-state index in [9.17, 15) is 0 Å². The lowest BCUT2D eigenvalue weighted by atomic mass is 10.0. The first kappa shape index (κ1) is 10.6. The fourth-order valence-corrected chi connectivity index (χ4v) is 1.67. The van der Waals surface area contributed by atoms with E-state index in [4.69, 9.17) is 10.5 Å². The Morgan fingerprint density at radius 1 is 1.06 bits per heavy atom. The van der Waals surface area contributed by atoms with E-state index in [0.29, 0.717) is 6.61 Å². The summed E-state index contributed by atoms with van der Waals surface area (Å²) in [6, 6.07) is 15.8. The van der Waals surface area contributed by atoms with Crippen LogP contribution in [0.4, 0.5) is 5.69 Å². The molecule has 0 bridgehead atoms. The lowest BCUT2D eigenvalue weighted by molar-refractivity contribution is 0.341. The van der Waals surface area contributed by atoms with Gasteiger partial charge in [-0.1, -0.05) is 30.3 Å². The minimum Gasteiger partial charge on any atom is -0.493 e. The standard InChI is InChI=1S/C14H15NO/c1-2-16-14-9-8-12(15)10-13(14)11-6-4-3-5-7-11/h3-10H,2,15H2,1H3. The normalized spacial score (nSPS) is 10.1. The third-order valence-electron chi connectivity index (χ3n) is 2.39. The minimum absolute atomic E-state index is 0.656. The van der Waals surface area contributed by atoms with Crippen molar-refractivity contribution in [1.29, 1.82) is 0 Å². The van der Waals surface area contributed by atoms with Gasteiger partial charge in [-0.2, -0.15) is 0 Å². The average Bonchev–Trinajstić information content (AvgIpc) is 2.33. The number of benzene rings is 2. The average molecular weight is 213 g/mol. The lowest BCUT2D eigenvalue weighted by Gasteiger charge is -2.11. The van der Waals surface area contributed by atoms with Crippen molar-refractivity contribution in [2.24, 2.45) is 0 Å². The molecule has 0 aliphatic carbocycles. The summed E-state index contributed by atoms with van der Waals surface area (Å²) in [5.41, 5.74) is 8.72. The number of rotatable bonds is 3. The number of ether oxygens (including phenoxy) is 1. The van der Waals surface area contributed by atoms with E-state index in [1.54, 1.807) is 0 Å². The van der Waals surface area contributed by atoms with Crippen LogP contribution in [0.2, 0.25) is 0 Å². The Hall–Kier alpha value is -1.96. The number of hydrogen-bond donors (Lipinski definition) is 1. The Labute approximate surface area is 95.7 Å². The van der Waals surface area contributed by atoms with Gasteiger partial charge in [0.2, 0.25) is 0 Å². The van der Waals surface area contributed by atoms with Gasteiger partial charge in [0.15, 0.2) is 0 Å². The molecule has 0 fully saturated rings. The number of nitrogen functional groups attached to an aromatic ring is 1. The van der Waals surface area contributed by atoms with E-state index in [0.717, 1.165) is 22.6 Å². The summed E-state index contributed by atoms with van der Waals surface area (Å²) in [6.07, 6.45) is 0. The summed E-state index contributed by atoms with van der Waals surface area (Å²) in [5.74, 6) is 0.878. The van der Waals surface area contributed by atoms with Gasteiger partial charge in [-0.05, 0) is 30.7 Å². The Balaban J connectivity index is 2.49. The van der Waals surface area contributed by atoms with Gasteiger partial charge in [0.05, 0.1) is 6.61 Å². The van der Waals surface area contributed by atoms with Crippen LogP contribution < -0.4 is 10.5 Å². The van der Waals surface area contributed by atoms with Crippen molar-refractivity contribution >= 4 is 5.69 Å². The maximum atomic E-state index is 5.81. The summed E-state index contributed by atoms with van der Waals surface area (Å²) >= 11 is 0. The molecular formula is C14H15NO. The van der Waals surface area contributed by atoms with Gasteiger partial charge in [-0.3, -0.25) is 0 Å². The highest BCUT2D eigenvalue weighted by atomic mass is 16.5. The molecular weight excluding hydrogens is 198 g/mol. The first-order valence-electron chi connectivity index (χ1n) is 5.39. The molecule has 2 N–H and O–H groups in total. The molecule has 0 saturated carbocycles. The van der Waals surface area contributed by atoms with Gasteiger partial charge >= 0.3 is 0 Å². The van der Waals surface area contributed by atoms with Crippen LogP contribution in [0.1, 0.15) is 6.92 Å². The zero-order valence-corrected chi connectivity index (χ0v) is 9.31. The Kier molecular flexibility index (Phi) is 3.10. The molecule has 2 aromatic carbocycles. The summed E-state index contributed by atoms with van der Waals surface area (Å²) in [7, 11) is 0. The summed E-state index contributed by atoms with van der Waals surface area (Å²) in [4.78, 5) is 0. The predicted octanol–water partition coefficient (Wildman–Crippen LogP) is 3.33. The van der Waals surface area contributed by atoms with Crippen LogP contribution in [-0.2, 0) is 0 Å². The molecule has 82 valence electrons. The van der Waals surface area contributed by atoms with Gasteiger partial charge in [0.25, 0.3) is 0 Å². The summed E-state index contributed by atoms with van der Waals surface area (Å²) < 4.78 is 5.59. The molecule has 2 aromatic rings. The topological polar surface area (TPSA) is 35.2 Å². The Bertz CT molecular complexity index is 465. The maximum Gasteiger partial charge on any atom is 0.127 e.